The van der Waals surface area contributed by atoms with Crippen LogP contribution in [-0.4, -0.2) is 36.5 Å². The number of likely N-dealkylation sites (tertiary alicyclic amines) is 1. The number of nitrogens with one attached hydrogen (secondary N) is 1. The first kappa shape index (κ1) is 16.4. The topological polar surface area (TPSA) is 58.4 Å². The van der Waals surface area contributed by atoms with E-state index in [1.807, 2.05) is 0 Å². The molecule has 0 spiro atoms. The molecule has 1 aliphatic rings. The Balaban J connectivity index is 1.91. The molecule has 4 nitrogen and oxygen atoms in total. The normalized spacial score (nSPS) is 19.2. The number of rotatable bonds is 4. The predicted molar refractivity (Wildman–Crippen MR) is 88.0 cm³/mol. The lowest BCUT2D eigenvalue weighted by molar-refractivity contribution is 0.0947. The number of nitrogens with zero attached hydrogens (tertiary/aromatic N) is 1. The SMILES string of the molecule is CC(C)N1CCC(CNC(=O)c2cc(Cl)c(N)c(Cl)c2)C1. The molecule has 2 rings (SSSR count). The van der Waals surface area contributed by atoms with Gasteiger partial charge in [-0.05, 0) is 44.9 Å². The Labute approximate surface area is 135 Å². The van der Waals surface area contributed by atoms with Gasteiger partial charge in [-0.1, -0.05) is 23.2 Å². The van der Waals surface area contributed by atoms with E-state index in [0.717, 1.165) is 19.5 Å². The summed E-state index contributed by atoms with van der Waals surface area (Å²) in [7, 11) is 0. The zero-order chi connectivity index (χ0) is 15.6. The van der Waals surface area contributed by atoms with Gasteiger partial charge in [0.15, 0.2) is 0 Å². The second kappa shape index (κ2) is 6.86. The van der Waals surface area contributed by atoms with Crippen molar-refractivity contribution in [3.8, 4) is 0 Å². The molecule has 1 heterocycles. The van der Waals surface area contributed by atoms with Crippen molar-refractivity contribution >= 4 is 34.8 Å². The van der Waals surface area contributed by atoms with Crippen LogP contribution in [0.3, 0.4) is 0 Å². The van der Waals surface area contributed by atoms with Crippen molar-refractivity contribution in [2.75, 3.05) is 25.4 Å². The van der Waals surface area contributed by atoms with Crippen LogP contribution in [0.5, 0.6) is 0 Å². The van der Waals surface area contributed by atoms with Crippen molar-refractivity contribution < 1.29 is 4.79 Å². The summed E-state index contributed by atoms with van der Waals surface area (Å²) >= 11 is 11.9. The number of benzene rings is 1. The largest absolute Gasteiger partial charge is 0.396 e. The lowest BCUT2D eigenvalue weighted by Crippen LogP contribution is -2.33. The Hall–Kier alpha value is -0.970. The van der Waals surface area contributed by atoms with E-state index in [4.69, 9.17) is 28.9 Å². The summed E-state index contributed by atoms with van der Waals surface area (Å²) in [5, 5.41) is 3.56. The summed E-state index contributed by atoms with van der Waals surface area (Å²) in [5.41, 5.74) is 6.41. The third kappa shape index (κ3) is 4.02. The summed E-state index contributed by atoms with van der Waals surface area (Å²) in [6, 6.07) is 3.65. The number of nitrogens with two attached hydrogens (primary N) is 1. The molecule has 1 atom stereocenters. The molecule has 0 aliphatic carbocycles. The highest BCUT2D eigenvalue weighted by molar-refractivity contribution is 6.39. The van der Waals surface area contributed by atoms with Gasteiger partial charge in [-0.15, -0.1) is 0 Å². The Morgan fingerprint density at radius 3 is 2.57 bits per heavy atom. The van der Waals surface area contributed by atoms with Gasteiger partial charge in [0.1, 0.15) is 0 Å². The average Bonchev–Trinajstić information content (AvgIpc) is 2.90. The summed E-state index contributed by atoms with van der Waals surface area (Å²) in [4.78, 5) is 14.6. The maximum Gasteiger partial charge on any atom is 0.251 e. The Bertz CT molecular complexity index is 511. The van der Waals surface area contributed by atoms with Crippen molar-refractivity contribution in [3.63, 3.8) is 0 Å². The smallest absolute Gasteiger partial charge is 0.251 e. The number of nitrogen functional groups attached to an aromatic ring is 1. The fourth-order valence-electron chi connectivity index (χ4n) is 2.55. The standard InChI is InChI=1S/C15H21Cl2N3O/c1-9(2)20-4-3-10(8-20)7-19-15(21)11-5-12(16)14(18)13(17)6-11/h5-6,9-10H,3-4,7-8,18H2,1-2H3,(H,19,21). The highest BCUT2D eigenvalue weighted by Crippen LogP contribution is 2.28. The van der Waals surface area contributed by atoms with Crippen LogP contribution < -0.4 is 11.1 Å². The van der Waals surface area contributed by atoms with Crippen molar-refractivity contribution in [1.29, 1.82) is 0 Å². The Morgan fingerprint density at radius 1 is 1.43 bits per heavy atom. The molecule has 1 amide bonds. The second-order valence-electron chi connectivity index (χ2n) is 5.81. The van der Waals surface area contributed by atoms with Crippen LogP contribution in [0.4, 0.5) is 5.69 Å². The summed E-state index contributed by atoms with van der Waals surface area (Å²) in [5.74, 6) is 0.331. The van der Waals surface area contributed by atoms with Crippen LogP contribution in [-0.2, 0) is 0 Å². The van der Waals surface area contributed by atoms with Crippen molar-refractivity contribution in [2.24, 2.45) is 5.92 Å². The van der Waals surface area contributed by atoms with Gasteiger partial charge in [-0.2, -0.15) is 0 Å². The number of carbonyl (C=O) groups is 1. The molecule has 6 heteroatoms. The van der Waals surface area contributed by atoms with Crippen molar-refractivity contribution in [2.45, 2.75) is 26.3 Å². The van der Waals surface area contributed by atoms with E-state index in [0.29, 0.717) is 39.8 Å². The van der Waals surface area contributed by atoms with Gasteiger partial charge >= 0.3 is 0 Å². The quantitative estimate of drug-likeness (QED) is 0.835. The number of carbonyl (C=O) groups excluding carboxylic acids is 1. The first-order chi connectivity index (χ1) is 9.88. The first-order valence-electron chi connectivity index (χ1n) is 7.15. The molecular formula is C15H21Cl2N3O. The maximum atomic E-state index is 12.1. The van der Waals surface area contributed by atoms with Crippen LogP contribution in [0, 0.1) is 5.92 Å². The zero-order valence-corrected chi connectivity index (χ0v) is 13.8. The van der Waals surface area contributed by atoms with Crippen LogP contribution in [0.1, 0.15) is 30.6 Å². The van der Waals surface area contributed by atoms with Gasteiger partial charge in [-0.25, -0.2) is 0 Å². The van der Waals surface area contributed by atoms with Gasteiger partial charge in [-0.3, -0.25) is 4.79 Å². The molecule has 1 aromatic rings. The second-order valence-corrected chi connectivity index (χ2v) is 6.62. The lowest BCUT2D eigenvalue weighted by Gasteiger charge is -2.20. The minimum atomic E-state index is -0.165. The van der Waals surface area contributed by atoms with E-state index >= 15 is 0 Å². The average molecular weight is 330 g/mol. The number of anilines is 1. The third-order valence-corrected chi connectivity index (χ3v) is 4.57. The monoisotopic (exact) mass is 329 g/mol. The van der Waals surface area contributed by atoms with Crippen LogP contribution in [0.25, 0.3) is 0 Å². The van der Waals surface area contributed by atoms with Crippen LogP contribution >= 0.6 is 23.2 Å². The third-order valence-electron chi connectivity index (χ3n) is 3.94. The van der Waals surface area contributed by atoms with E-state index < -0.39 is 0 Å². The van der Waals surface area contributed by atoms with Crippen LogP contribution in [0.2, 0.25) is 10.0 Å². The number of hydrogen-bond acceptors (Lipinski definition) is 3. The molecule has 0 saturated carbocycles. The minimum absolute atomic E-state index is 0.165. The molecule has 0 radical (unpaired) electrons. The van der Waals surface area contributed by atoms with Crippen molar-refractivity contribution in [1.82, 2.24) is 10.2 Å². The van der Waals surface area contributed by atoms with E-state index in [9.17, 15) is 4.79 Å². The van der Waals surface area contributed by atoms with E-state index in [2.05, 4.69) is 24.1 Å². The molecule has 1 aromatic carbocycles. The molecule has 0 aromatic heterocycles. The Kier molecular flexibility index (Phi) is 5.36. The fourth-order valence-corrected chi connectivity index (χ4v) is 3.04. The van der Waals surface area contributed by atoms with E-state index in [1.54, 1.807) is 12.1 Å². The predicted octanol–water partition coefficient (Wildman–Crippen LogP) is 3.04. The minimum Gasteiger partial charge on any atom is -0.396 e. The molecular weight excluding hydrogens is 309 g/mol. The van der Waals surface area contributed by atoms with Gasteiger partial charge in [0.05, 0.1) is 15.7 Å². The summed E-state index contributed by atoms with van der Waals surface area (Å²) in [6.07, 6.45) is 1.11. The highest BCUT2D eigenvalue weighted by Gasteiger charge is 2.24. The van der Waals surface area contributed by atoms with Crippen molar-refractivity contribution in [3.05, 3.63) is 27.7 Å². The number of hydrogen-bond donors (Lipinski definition) is 2. The Morgan fingerprint density at radius 2 is 2.05 bits per heavy atom. The van der Waals surface area contributed by atoms with E-state index in [-0.39, 0.29) is 5.91 Å². The summed E-state index contributed by atoms with van der Waals surface area (Å²) in [6.45, 7) is 7.18. The number of halogens is 2. The maximum absolute atomic E-state index is 12.1. The van der Waals surface area contributed by atoms with Crippen LogP contribution in [0.15, 0.2) is 12.1 Å². The number of amides is 1. The lowest BCUT2D eigenvalue weighted by atomic mass is 10.1. The molecule has 1 aliphatic heterocycles. The van der Waals surface area contributed by atoms with Gasteiger partial charge in [0.25, 0.3) is 5.91 Å². The fraction of sp³-hybridized carbons (Fsp3) is 0.533. The van der Waals surface area contributed by atoms with Gasteiger partial charge < -0.3 is 16.0 Å². The van der Waals surface area contributed by atoms with Gasteiger partial charge in [0.2, 0.25) is 0 Å². The molecule has 3 N–H and O–H groups in total. The molecule has 1 fully saturated rings. The molecule has 1 saturated heterocycles. The molecule has 21 heavy (non-hydrogen) atoms. The summed E-state index contributed by atoms with van der Waals surface area (Å²) < 4.78 is 0. The highest BCUT2D eigenvalue weighted by atomic mass is 35.5. The molecule has 0 bridgehead atoms. The first-order valence-corrected chi connectivity index (χ1v) is 7.91. The van der Waals surface area contributed by atoms with E-state index in [1.165, 1.54) is 0 Å². The zero-order valence-electron chi connectivity index (χ0n) is 12.3. The molecule has 116 valence electrons. The van der Waals surface area contributed by atoms with Gasteiger partial charge in [0, 0.05) is 24.7 Å². The molecule has 1 unspecified atom stereocenters.